The molecule has 0 spiro atoms. The first-order chi connectivity index (χ1) is 23.8. The van der Waals surface area contributed by atoms with E-state index in [2.05, 4.69) is 153 Å². The zero-order valence-electron chi connectivity index (χ0n) is 27.5. The van der Waals surface area contributed by atoms with Crippen molar-refractivity contribution in [2.24, 2.45) is 11.8 Å². The molecule has 0 N–H and O–H groups in total. The average molecular weight is 868 g/mol. The third-order valence-electron chi connectivity index (χ3n) is 6.85. The third kappa shape index (κ3) is 22.3. The van der Waals surface area contributed by atoms with Gasteiger partial charge >= 0.3 is 41.2 Å². The van der Waals surface area contributed by atoms with E-state index in [1.807, 2.05) is 0 Å². The standard InChI is InChI=1S/C27H26P2.C7H8.3BF4.Rh/c1-23(29(26-18-10-4-11-19-26)27-20-12-5-13-21-27)22-28(24-14-6-2-7-15-24)25-16-8-3-9-17-25;1-2-7-4-3-6(1)5-7;3*2-1(3,4)5;/h2-21,23H,22H2,1H3;1-4,6-7H,5H2;;;;/q;;3*-1;+3/t23-;;;;;/m1...../s1. The van der Waals surface area contributed by atoms with Gasteiger partial charge in [0.05, 0.1) is 0 Å². The van der Waals surface area contributed by atoms with Gasteiger partial charge in [0.1, 0.15) is 0 Å². The number of benzene rings is 4. The Kier molecular flexibility index (Phi) is 21.0. The molecule has 6 rings (SSSR count). The van der Waals surface area contributed by atoms with E-state index in [4.69, 9.17) is 0 Å². The first-order valence-corrected chi connectivity index (χ1v) is 18.5. The number of allylic oxidation sites excluding steroid dienone is 4. The molecule has 2 bridgehead atoms. The Bertz CT molecular complexity index is 1430. The van der Waals surface area contributed by atoms with E-state index >= 15 is 0 Å². The molecule has 0 fully saturated rings. The summed E-state index contributed by atoms with van der Waals surface area (Å²) in [5.74, 6) is 1.62. The number of hydrogen-bond acceptors (Lipinski definition) is 0. The molecule has 282 valence electrons. The minimum Gasteiger partial charge on any atom is -0.418 e. The van der Waals surface area contributed by atoms with Crippen molar-refractivity contribution in [1.29, 1.82) is 0 Å². The van der Waals surface area contributed by atoms with Gasteiger partial charge in [-0.15, -0.1) is 0 Å². The van der Waals surface area contributed by atoms with E-state index in [9.17, 15) is 51.8 Å². The predicted octanol–water partition coefficient (Wildman–Crippen LogP) is 11.3. The van der Waals surface area contributed by atoms with Gasteiger partial charge in [0.15, 0.2) is 0 Å². The van der Waals surface area contributed by atoms with Crippen LogP contribution in [0.3, 0.4) is 0 Å². The Hall–Kier alpha value is -2.80. The largest absolute Gasteiger partial charge is 3.00 e. The van der Waals surface area contributed by atoms with Gasteiger partial charge < -0.3 is 51.8 Å². The minimum absolute atomic E-state index is 0. The van der Waals surface area contributed by atoms with Crippen LogP contribution in [-0.4, -0.2) is 33.6 Å². The second-order valence-electron chi connectivity index (χ2n) is 11.0. The van der Waals surface area contributed by atoms with Crippen molar-refractivity contribution in [1.82, 2.24) is 0 Å². The van der Waals surface area contributed by atoms with Gasteiger partial charge in [0, 0.05) is 0 Å². The van der Waals surface area contributed by atoms with Crippen LogP contribution in [0.2, 0.25) is 0 Å². The van der Waals surface area contributed by atoms with E-state index in [-0.39, 0.29) is 27.4 Å². The molecular weight excluding hydrogens is 834 g/mol. The number of hydrogen-bond donors (Lipinski definition) is 0. The van der Waals surface area contributed by atoms with Crippen LogP contribution < -0.4 is 21.2 Å². The Labute approximate surface area is 311 Å². The molecule has 0 saturated carbocycles. The van der Waals surface area contributed by atoms with Crippen molar-refractivity contribution in [3.63, 3.8) is 0 Å². The van der Waals surface area contributed by atoms with E-state index in [1.54, 1.807) is 0 Å². The molecule has 0 heterocycles. The van der Waals surface area contributed by atoms with Crippen molar-refractivity contribution >= 4 is 58.8 Å². The summed E-state index contributed by atoms with van der Waals surface area (Å²) in [7, 11) is -18.8. The van der Waals surface area contributed by atoms with Gasteiger partial charge in [0.25, 0.3) is 0 Å². The van der Waals surface area contributed by atoms with Crippen molar-refractivity contribution in [3.05, 3.63) is 146 Å². The van der Waals surface area contributed by atoms with E-state index in [1.165, 1.54) is 33.8 Å². The van der Waals surface area contributed by atoms with Crippen molar-refractivity contribution in [2.45, 2.75) is 19.0 Å². The van der Waals surface area contributed by atoms with Crippen LogP contribution in [0.15, 0.2) is 146 Å². The molecule has 0 aliphatic heterocycles. The van der Waals surface area contributed by atoms with Gasteiger partial charge in [-0.25, -0.2) is 0 Å². The van der Waals surface area contributed by atoms with Gasteiger partial charge in [-0.3, -0.25) is 0 Å². The predicted molar refractivity (Wildman–Crippen MR) is 193 cm³/mol. The summed E-state index contributed by atoms with van der Waals surface area (Å²) in [6, 6.07) is 44.3. The van der Waals surface area contributed by atoms with Crippen LogP contribution in [0, 0.1) is 11.8 Å². The Balaban J connectivity index is 0.000000474. The summed E-state index contributed by atoms with van der Waals surface area (Å²) in [5, 5.41) is 5.88. The minimum atomic E-state index is -6.00. The molecule has 52 heavy (non-hydrogen) atoms. The van der Waals surface area contributed by atoms with Crippen LogP contribution in [0.5, 0.6) is 0 Å². The maximum absolute atomic E-state index is 9.75. The zero-order chi connectivity index (χ0) is 38.1. The van der Waals surface area contributed by atoms with Crippen LogP contribution in [0.4, 0.5) is 51.8 Å². The van der Waals surface area contributed by atoms with Crippen LogP contribution >= 0.6 is 15.8 Å². The van der Waals surface area contributed by atoms with E-state index in [0.29, 0.717) is 5.66 Å². The van der Waals surface area contributed by atoms with Crippen LogP contribution in [-0.2, 0) is 19.5 Å². The summed E-state index contributed by atoms with van der Waals surface area (Å²) < 4.78 is 117. The molecule has 4 aromatic rings. The number of fused-ring (bicyclic) bond motifs is 2. The van der Waals surface area contributed by atoms with E-state index in [0.717, 1.165) is 11.8 Å². The molecule has 0 amide bonds. The molecule has 1 atom stereocenters. The van der Waals surface area contributed by atoms with Gasteiger partial charge in [0.2, 0.25) is 0 Å². The quantitative estimate of drug-likeness (QED) is 0.0751. The third-order valence-corrected chi connectivity index (χ3v) is 12.7. The number of halogens is 12. The summed E-state index contributed by atoms with van der Waals surface area (Å²) in [6.45, 7) is 2.45. The topological polar surface area (TPSA) is 0 Å². The fourth-order valence-corrected chi connectivity index (χ4v) is 10.8. The molecule has 18 heteroatoms. The molecule has 0 nitrogen and oxygen atoms in total. The van der Waals surface area contributed by atoms with Crippen molar-refractivity contribution < 1.29 is 71.3 Å². The first-order valence-electron chi connectivity index (χ1n) is 15.5. The molecule has 0 saturated heterocycles. The SMILES string of the molecule is C1=CC2C=CC1C2.C[C@H](CP(c1ccccc1)c1ccccc1)P(c1ccccc1)c1ccccc1.F[B-](F)(F)F.F[B-](F)(F)F.F[B-](F)(F)F.[Rh+3]. The Morgan fingerprint density at radius 1 is 0.462 bits per heavy atom. The first kappa shape index (κ1) is 47.2. The average Bonchev–Trinajstić information content (AvgIpc) is 3.71. The van der Waals surface area contributed by atoms with Crippen molar-refractivity contribution in [3.8, 4) is 0 Å². The molecule has 2 aliphatic carbocycles. The zero-order valence-corrected chi connectivity index (χ0v) is 30.9. The Morgan fingerprint density at radius 3 is 0.904 bits per heavy atom. The van der Waals surface area contributed by atoms with Crippen LogP contribution in [0.25, 0.3) is 0 Å². The molecule has 4 aromatic carbocycles. The van der Waals surface area contributed by atoms with Gasteiger partial charge in [-0.2, -0.15) is 0 Å². The molecule has 0 radical (unpaired) electrons. The fourth-order valence-electron chi connectivity index (χ4n) is 5.08. The smallest absolute Gasteiger partial charge is 0.418 e. The molecule has 0 aromatic heterocycles. The summed E-state index contributed by atoms with van der Waals surface area (Å²) >= 11 is 0. The van der Waals surface area contributed by atoms with Gasteiger partial charge in [-0.05, 0) is 67.1 Å². The van der Waals surface area contributed by atoms with Crippen molar-refractivity contribution in [2.75, 3.05) is 6.16 Å². The molecule has 2 aliphatic rings. The monoisotopic (exact) mass is 868 g/mol. The maximum Gasteiger partial charge on any atom is 3.00 e. The van der Waals surface area contributed by atoms with Gasteiger partial charge in [-0.1, -0.05) is 153 Å². The van der Waals surface area contributed by atoms with E-state index < -0.39 is 29.7 Å². The molecular formula is C34H34B3F12P2Rh. The summed E-state index contributed by atoms with van der Waals surface area (Å²) in [4.78, 5) is 0. The second-order valence-corrected chi connectivity index (χ2v) is 15.9. The second kappa shape index (κ2) is 23.1. The maximum atomic E-state index is 9.75. The number of rotatable bonds is 7. The summed E-state index contributed by atoms with van der Waals surface area (Å²) in [5.41, 5.74) is 0.585. The normalized spacial score (nSPS) is 16.1. The summed E-state index contributed by atoms with van der Waals surface area (Å²) in [6.07, 6.45) is 11.7. The fraction of sp³-hybridized carbons (Fsp3) is 0.176. The Morgan fingerprint density at radius 2 is 0.692 bits per heavy atom. The molecule has 0 unspecified atom stereocenters. The van der Waals surface area contributed by atoms with Crippen LogP contribution in [0.1, 0.15) is 13.3 Å².